The van der Waals surface area contributed by atoms with E-state index in [1.165, 1.54) is 11.3 Å². The molecule has 1 amide bonds. The van der Waals surface area contributed by atoms with Crippen molar-refractivity contribution in [1.82, 2.24) is 9.97 Å². The molecule has 0 fully saturated rings. The van der Waals surface area contributed by atoms with Crippen molar-refractivity contribution in [2.75, 3.05) is 17.2 Å². The van der Waals surface area contributed by atoms with E-state index < -0.39 is 6.09 Å². The van der Waals surface area contributed by atoms with Gasteiger partial charge in [0.25, 0.3) is 5.88 Å². The van der Waals surface area contributed by atoms with Gasteiger partial charge in [0, 0.05) is 6.54 Å². The van der Waals surface area contributed by atoms with Gasteiger partial charge in [0.2, 0.25) is 0 Å². The Morgan fingerprint density at radius 1 is 1.48 bits per heavy atom. The molecule has 0 saturated carbocycles. The van der Waals surface area contributed by atoms with Gasteiger partial charge in [0.05, 0.1) is 5.51 Å². The molecule has 0 bridgehead atoms. The molecule has 112 valence electrons. The van der Waals surface area contributed by atoms with Crippen molar-refractivity contribution in [2.24, 2.45) is 5.92 Å². The van der Waals surface area contributed by atoms with Gasteiger partial charge in [-0.3, -0.25) is 5.32 Å². The van der Waals surface area contributed by atoms with Crippen LogP contribution in [0.1, 0.15) is 13.8 Å². The molecule has 0 spiro atoms. The highest BCUT2D eigenvalue weighted by atomic mass is 79.9. The number of thiazole rings is 1. The van der Waals surface area contributed by atoms with E-state index >= 15 is 0 Å². The molecule has 0 aliphatic carbocycles. The highest BCUT2D eigenvalue weighted by molar-refractivity contribution is 9.10. The quantitative estimate of drug-likeness (QED) is 0.778. The largest absolute Gasteiger partial charge is 0.419 e. The molecule has 21 heavy (non-hydrogen) atoms. The van der Waals surface area contributed by atoms with Gasteiger partial charge >= 0.3 is 6.09 Å². The summed E-state index contributed by atoms with van der Waals surface area (Å²) in [5, 5.41) is 6.48. The van der Waals surface area contributed by atoms with Crippen LogP contribution >= 0.6 is 27.3 Å². The lowest BCUT2D eigenvalue weighted by Gasteiger charge is -2.09. The van der Waals surface area contributed by atoms with Crippen LogP contribution in [0.2, 0.25) is 0 Å². The number of anilines is 2. The van der Waals surface area contributed by atoms with E-state index in [9.17, 15) is 4.79 Å². The average molecular weight is 371 g/mol. The van der Waals surface area contributed by atoms with Crippen molar-refractivity contribution in [1.29, 1.82) is 0 Å². The van der Waals surface area contributed by atoms with Crippen molar-refractivity contribution in [2.45, 2.75) is 13.8 Å². The van der Waals surface area contributed by atoms with Crippen LogP contribution in [0.4, 0.5) is 15.6 Å². The van der Waals surface area contributed by atoms with Gasteiger partial charge in [-0.15, -0.1) is 11.3 Å². The lowest BCUT2D eigenvalue weighted by Crippen LogP contribution is -2.18. The first-order valence-corrected chi connectivity index (χ1v) is 8.00. The SMILES string of the molecule is CC(C)CNc1scnc1OC(=O)Nc1cccc(Br)n1. The van der Waals surface area contributed by atoms with E-state index in [-0.39, 0.29) is 5.88 Å². The summed E-state index contributed by atoms with van der Waals surface area (Å²) in [4.78, 5) is 20.0. The Bertz CT molecular complexity index is 618. The second-order valence-electron chi connectivity index (χ2n) is 4.62. The van der Waals surface area contributed by atoms with Crippen molar-refractivity contribution in [3.8, 4) is 5.88 Å². The highest BCUT2D eigenvalue weighted by Crippen LogP contribution is 2.28. The van der Waals surface area contributed by atoms with Crippen LogP contribution in [0.3, 0.4) is 0 Å². The molecular formula is C13H15BrN4O2S. The molecule has 0 radical (unpaired) electrons. The predicted octanol–water partition coefficient (Wildman–Crippen LogP) is 3.98. The Balaban J connectivity index is 1.95. The zero-order valence-electron chi connectivity index (χ0n) is 11.6. The fourth-order valence-electron chi connectivity index (χ4n) is 1.42. The molecule has 0 unspecified atom stereocenters. The van der Waals surface area contributed by atoms with E-state index in [2.05, 4.69) is 50.4 Å². The minimum absolute atomic E-state index is 0.271. The van der Waals surface area contributed by atoms with E-state index in [1.807, 2.05) is 0 Å². The third-order valence-corrected chi connectivity index (χ3v) is 3.55. The van der Waals surface area contributed by atoms with Crippen LogP contribution in [0.25, 0.3) is 0 Å². The van der Waals surface area contributed by atoms with Crippen molar-refractivity contribution in [3.05, 3.63) is 28.3 Å². The molecule has 0 saturated heterocycles. The van der Waals surface area contributed by atoms with Crippen LogP contribution in [0, 0.1) is 5.92 Å². The number of halogens is 1. The summed E-state index contributed by atoms with van der Waals surface area (Å²) in [6.07, 6.45) is -0.626. The first-order valence-electron chi connectivity index (χ1n) is 6.33. The average Bonchev–Trinajstić information content (AvgIpc) is 2.83. The molecule has 0 aliphatic heterocycles. The zero-order valence-corrected chi connectivity index (χ0v) is 14.0. The second kappa shape index (κ2) is 7.37. The van der Waals surface area contributed by atoms with Gasteiger partial charge in [0.15, 0.2) is 5.00 Å². The Labute approximate surface area is 135 Å². The van der Waals surface area contributed by atoms with Gasteiger partial charge in [-0.2, -0.15) is 0 Å². The molecule has 0 aromatic carbocycles. The molecule has 2 aromatic heterocycles. The van der Waals surface area contributed by atoms with Crippen molar-refractivity contribution >= 4 is 44.2 Å². The number of amides is 1. The number of hydrogen-bond acceptors (Lipinski definition) is 6. The smallest absolute Gasteiger partial charge is 0.388 e. The number of hydrogen-bond donors (Lipinski definition) is 2. The maximum Gasteiger partial charge on any atom is 0.419 e. The first-order chi connectivity index (χ1) is 10.0. The molecule has 6 nitrogen and oxygen atoms in total. The summed E-state index contributed by atoms with van der Waals surface area (Å²) in [6.45, 7) is 4.98. The number of nitrogens with zero attached hydrogens (tertiary/aromatic N) is 2. The van der Waals surface area contributed by atoms with Crippen LogP contribution < -0.4 is 15.4 Å². The van der Waals surface area contributed by atoms with E-state index in [1.54, 1.807) is 23.7 Å². The summed E-state index contributed by atoms with van der Waals surface area (Å²) < 4.78 is 5.83. The molecule has 2 heterocycles. The van der Waals surface area contributed by atoms with Gasteiger partial charge in [-0.25, -0.2) is 14.8 Å². The fourth-order valence-corrected chi connectivity index (χ4v) is 2.38. The van der Waals surface area contributed by atoms with Crippen LogP contribution in [-0.4, -0.2) is 22.6 Å². The second-order valence-corrected chi connectivity index (χ2v) is 6.29. The van der Waals surface area contributed by atoms with Gasteiger partial charge in [0.1, 0.15) is 10.4 Å². The molecule has 0 aliphatic rings. The van der Waals surface area contributed by atoms with Gasteiger partial charge < -0.3 is 10.1 Å². The minimum atomic E-state index is -0.626. The summed E-state index contributed by atoms with van der Waals surface area (Å²) >= 11 is 4.63. The van der Waals surface area contributed by atoms with Crippen LogP contribution in [-0.2, 0) is 0 Å². The number of rotatable bonds is 5. The molecule has 2 N–H and O–H groups in total. The monoisotopic (exact) mass is 370 g/mol. The molecule has 8 heteroatoms. The summed E-state index contributed by atoms with van der Waals surface area (Å²) in [6, 6.07) is 5.21. The number of nitrogens with one attached hydrogen (secondary N) is 2. The van der Waals surface area contributed by atoms with Crippen molar-refractivity contribution in [3.63, 3.8) is 0 Å². The maximum atomic E-state index is 11.8. The lowest BCUT2D eigenvalue weighted by atomic mass is 10.2. The fraction of sp³-hybridized carbons (Fsp3) is 0.308. The first kappa shape index (κ1) is 15.7. The number of pyridine rings is 1. The van der Waals surface area contributed by atoms with Crippen LogP contribution in [0.5, 0.6) is 5.88 Å². The molecular weight excluding hydrogens is 356 g/mol. The third-order valence-electron chi connectivity index (χ3n) is 2.34. The Morgan fingerprint density at radius 3 is 3.00 bits per heavy atom. The van der Waals surface area contributed by atoms with E-state index in [4.69, 9.17) is 4.74 Å². The molecule has 0 atom stereocenters. The topological polar surface area (TPSA) is 76.1 Å². The number of ether oxygens (including phenoxy) is 1. The van der Waals surface area contributed by atoms with Crippen LogP contribution in [0.15, 0.2) is 28.3 Å². The summed E-state index contributed by atoms with van der Waals surface area (Å²) in [5.74, 6) is 1.16. The normalized spacial score (nSPS) is 10.5. The Kier molecular flexibility index (Phi) is 5.51. The minimum Gasteiger partial charge on any atom is -0.388 e. The number of aromatic nitrogens is 2. The van der Waals surface area contributed by atoms with Gasteiger partial charge in [-0.1, -0.05) is 19.9 Å². The molecule has 2 aromatic rings. The van der Waals surface area contributed by atoms with Gasteiger partial charge in [-0.05, 0) is 34.0 Å². The highest BCUT2D eigenvalue weighted by Gasteiger charge is 2.13. The maximum absolute atomic E-state index is 11.8. The number of carbonyl (C=O) groups is 1. The zero-order chi connectivity index (χ0) is 15.2. The predicted molar refractivity (Wildman–Crippen MR) is 87.0 cm³/mol. The lowest BCUT2D eigenvalue weighted by molar-refractivity contribution is 0.214. The van der Waals surface area contributed by atoms with E-state index in [0.29, 0.717) is 16.3 Å². The standard InChI is InChI=1S/C13H15BrN4O2S/c1-8(2)6-15-12-11(16-7-21-12)20-13(19)18-10-5-3-4-9(14)17-10/h3-5,7-8,15H,6H2,1-2H3,(H,17,18,19). The molecule has 2 rings (SSSR count). The van der Waals surface area contributed by atoms with Crippen molar-refractivity contribution < 1.29 is 9.53 Å². The Hall–Kier alpha value is -1.67. The van der Waals surface area contributed by atoms with E-state index in [0.717, 1.165) is 11.5 Å². The Morgan fingerprint density at radius 2 is 2.29 bits per heavy atom. The number of carbonyl (C=O) groups excluding carboxylic acids is 1. The summed E-state index contributed by atoms with van der Waals surface area (Å²) in [7, 11) is 0. The summed E-state index contributed by atoms with van der Waals surface area (Å²) in [5.41, 5.74) is 1.63. The third kappa shape index (κ3) is 4.98.